The highest BCUT2D eigenvalue weighted by molar-refractivity contribution is 7.09. The number of thiophene rings is 1. The summed E-state index contributed by atoms with van der Waals surface area (Å²) < 4.78 is 7.71. The Morgan fingerprint density at radius 3 is 3.17 bits per heavy atom. The van der Waals surface area contributed by atoms with Gasteiger partial charge in [0.1, 0.15) is 12.1 Å². The number of anilines is 1. The van der Waals surface area contributed by atoms with Crippen molar-refractivity contribution in [2.24, 2.45) is 0 Å². The molecule has 0 aromatic carbocycles. The molecule has 1 aliphatic heterocycles. The van der Waals surface area contributed by atoms with Crippen molar-refractivity contribution in [3.05, 3.63) is 40.5 Å². The van der Waals surface area contributed by atoms with Crippen LogP contribution in [0.3, 0.4) is 0 Å². The Morgan fingerprint density at radius 1 is 1.46 bits per heavy atom. The summed E-state index contributed by atoms with van der Waals surface area (Å²) in [6.45, 7) is 4.69. The van der Waals surface area contributed by atoms with E-state index >= 15 is 0 Å². The number of aryl methyl sites for hydroxylation is 1. The average molecular weight is 343 g/mol. The number of aromatic nitrogens is 4. The molecule has 0 amide bonds. The summed E-state index contributed by atoms with van der Waals surface area (Å²) in [7, 11) is 0. The first-order chi connectivity index (χ1) is 11.8. The van der Waals surface area contributed by atoms with Crippen molar-refractivity contribution in [1.29, 1.82) is 0 Å². The lowest BCUT2D eigenvalue weighted by atomic mass is 10.2. The van der Waals surface area contributed by atoms with E-state index in [1.54, 1.807) is 17.7 Å². The van der Waals surface area contributed by atoms with E-state index in [0.29, 0.717) is 5.78 Å². The van der Waals surface area contributed by atoms with E-state index in [-0.39, 0.29) is 6.10 Å². The smallest absolute Gasteiger partial charge is 0.254 e. The third-order valence-electron chi connectivity index (χ3n) is 4.35. The van der Waals surface area contributed by atoms with E-state index in [9.17, 15) is 0 Å². The van der Waals surface area contributed by atoms with Gasteiger partial charge < -0.3 is 9.64 Å². The average Bonchev–Trinajstić information content (AvgIpc) is 3.35. The predicted molar refractivity (Wildman–Crippen MR) is 94.5 cm³/mol. The molecule has 24 heavy (non-hydrogen) atoms. The maximum Gasteiger partial charge on any atom is 0.254 e. The minimum Gasteiger partial charge on any atom is -0.376 e. The molecule has 3 aromatic rings. The summed E-state index contributed by atoms with van der Waals surface area (Å²) in [6, 6.07) is 6.40. The predicted octanol–water partition coefficient (Wildman–Crippen LogP) is 2.93. The van der Waals surface area contributed by atoms with Crippen LogP contribution in [0.5, 0.6) is 0 Å². The van der Waals surface area contributed by atoms with Crippen LogP contribution in [-0.4, -0.2) is 38.8 Å². The number of rotatable bonds is 6. The van der Waals surface area contributed by atoms with Crippen LogP contribution in [-0.2, 0) is 17.7 Å². The zero-order chi connectivity index (χ0) is 16.4. The molecule has 1 fully saturated rings. The van der Waals surface area contributed by atoms with Crippen LogP contribution in [0, 0.1) is 0 Å². The molecule has 7 heteroatoms. The van der Waals surface area contributed by atoms with Gasteiger partial charge in [0, 0.05) is 29.8 Å². The molecular weight excluding hydrogens is 322 g/mol. The van der Waals surface area contributed by atoms with Crippen molar-refractivity contribution in [3.63, 3.8) is 0 Å². The van der Waals surface area contributed by atoms with E-state index in [1.165, 1.54) is 4.88 Å². The standard InChI is InChI=1S/C17H21N5OS/c1-2-13-9-16(22-17(20-13)18-12-19-22)21(10-14-5-3-7-23-14)11-15-6-4-8-24-15/h4,6,8-9,12,14H,2-3,5,7,10-11H2,1H3. The Labute approximate surface area is 145 Å². The fourth-order valence-corrected chi connectivity index (χ4v) is 3.83. The van der Waals surface area contributed by atoms with Crippen LogP contribution >= 0.6 is 11.3 Å². The lowest BCUT2D eigenvalue weighted by Crippen LogP contribution is -2.33. The molecule has 1 saturated heterocycles. The van der Waals surface area contributed by atoms with Crippen molar-refractivity contribution < 1.29 is 4.74 Å². The molecule has 0 radical (unpaired) electrons. The lowest BCUT2D eigenvalue weighted by Gasteiger charge is -2.27. The monoisotopic (exact) mass is 343 g/mol. The van der Waals surface area contributed by atoms with Crippen LogP contribution in [0.4, 0.5) is 5.82 Å². The first-order valence-electron chi connectivity index (χ1n) is 8.42. The summed E-state index contributed by atoms with van der Waals surface area (Å²) in [6.07, 6.45) is 4.99. The van der Waals surface area contributed by atoms with Gasteiger partial charge in [0.2, 0.25) is 0 Å². The van der Waals surface area contributed by atoms with Crippen molar-refractivity contribution in [2.45, 2.75) is 38.8 Å². The summed E-state index contributed by atoms with van der Waals surface area (Å²) >= 11 is 1.78. The van der Waals surface area contributed by atoms with Crippen LogP contribution in [0.2, 0.25) is 0 Å². The second-order valence-corrected chi connectivity index (χ2v) is 7.06. The summed E-state index contributed by atoms with van der Waals surface area (Å²) in [5.41, 5.74) is 1.04. The van der Waals surface area contributed by atoms with Crippen molar-refractivity contribution >= 4 is 22.9 Å². The highest BCUT2D eigenvalue weighted by atomic mass is 32.1. The number of fused-ring (bicyclic) bond motifs is 1. The number of ether oxygens (including phenoxy) is 1. The molecule has 6 nitrogen and oxygen atoms in total. The summed E-state index contributed by atoms with van der Waals surface area (Å²) in [5, 5.41) is 6.50. The topological polar surface area (TPSA) is 55.6 Å². The molecule has 1 atom stereocenters. The molecule has 4 rings (SSSR count). The van der Waals surface area contributed by atoms with E-state index in [2.05, 4.69) is 50.5 Å². The fourth-order valence-electron chi connectivity index (χ4n) is 3.11. The highest BCUT2D eigenvalue weighted by Gasteiger charge is 2.22. The van der Waals surface area contributed by atoms with Gasteiger partial charge in [-0.2, -0.15) is 14.6 Å². The molecule has 1 unspecified atom stereocenters. The molecule has 0 aliphatic carbocycles. The normalized spacial score (nSPS) is 17.6. The van der Waals surface area contributed by atoms with Gasteiger partial charge in [-0.1, -0.05) is 13.0 Å². The zero-order valence-electron chi connectivity index (χ0n) is 13.8. The zero-order valence-corrected chi connectivity index (χ0v) is 14.6. The van der Waals surface area contributed by atoms with Gasteiger partial charge >= 0.3 is 0 Å². The molecule has 126 valence electrons. The molecule has 0 N–H and O–H groups in total. The maximum absolute atomic E-state index is 5.88. The van der Waals surface area contributed by atoms with Crippen molar-refractivity contribution in [2.75, 3.05) is 18.1 Å². The van der Waals surface area contributed by atoms with Gasteiger partial charge in [-0.15, -0.1) is 11.3 Å². The molecular formula is C17H21N5OS. The largest absolute Gasteiger partial charge is 0.376 e. The van der Waals surface area contributed by atoms with E-state index in [0.717, 1.165) is 50.5 Å². The number of nitrogens with zero attached hydrogens (tertiary/aromatic N) is 5. The SMILES string of the molecule is CCc1cc(N(Cc2cccs2)CC2CCCO2)n2ncnc2n1. The van der Waals surface area contributed by atoms with E-state index in [1.807, 2.05) is 4.52 Å². The highest BCUT2D eigenvalue weighted by Crippen LogP contribution is 2.24. The Bertz CT molecular complexity index is 795. The minimum atomic E-state index is 0.279. The number of hydrogen-bond acceptors (Lipinski definition) is 6. The molecule has 1 aliphatic rings. The van der Waals surface area contributed by atoms with Gasteiger partial charge in [0.15, 0.2) is 0 Å². The second kappa shape index (κ2) is 6.86. The van der Waals surface area contributed by atoms with Crippen LogP contribution in [0.15, 0.2) is 29.9 Å². The quantitative estimate of drug-likeness (QED) is 0.689. The Kier molecular flexibility index (Phi) is 4.44. The fraction of sp³-hybridized carbons (Fsp3) is 0.471. The number of hydrogen-bond donors (Lipinski definition) is 0. The molecule has 4 heterocycles. The first kappa shape index (κ1) is 15.5. The third-order valence-corrected chi connectivity index (χ3v) is 5.21. The van der Waals surface area contributed by atoms with Crippen molar-refractivity contribution in [3.8, 4) is 0 Å². The Morgan fingerprint density at radius 2 is 2.42 bits per heavy atom. The molecule has 0 spiro atoms. The second-order valence-electron chi connectivity index (χ2n) is 6.03. The van der Waals surface area contributed by atoms with Crippen LogP contribution in [0.1, 0.15) is 30.3 Å². The third kappa shape index (κ3) is 3.14. The van der Waals surface area contributed by atoms with Gasteiger partial charge in [-0.3, -0.25) is 0 Å². The molecule has 0 saturated carbocycles. The van der Waals surface area contributed by atoms with Gasteiger partial charge in [0.05, 0.1) is 12.6 Å². The first-order valence-corrected chi connectivity index (χ1v) is 9.30. The Balaban J connectivity index is 1.72. The Hall–Kier alpha value is -1.99. The van der Waals surface area contributed by atoms with Gasteiger partial charge in [-0.25, -0.2) is 4.98 Å². The molecule has 0 bridgehead atoms. The van der Waals surface area contributed by atoms with Crippen molar-refractivity contribution in [1.82, 2.24) is 19.6 Å². The van der Waals surface area contributed by atoms with E-state index in [4.69, 9.17) is 4.74 Å². The van der Waals surface area contributed by atoms with Gasteiger partial charge in [0.25, 0.3) is 5.78 Å². The van der Waals surface area contributed by atoms with E-state index < -0.39 is 0 Å². The summed E-state index contributed by atoms with van der Waals surface area (Å²) in [4.78, 5) is 12.5. The van der Waals surface area contributed by atoms with Gasteiger partial charge in [-0.05, 0) is 30.7 Å². The minimum absolute atomic E-state index is 0.279. The van der Waals surface area contributed by atoms with Crippen LogP contribution < -0.4 is 4.90 Å². The maximum atomic E-state index is 5.88. The molecule has 3 aromatic heterocycles. The van der Waals surface area contributed by atoms with Crippen LogP contribution in [0.25, 0.3) is 5.78 Å². The summed E-state index contributed by atoms with van der Waals surface area (Å²) in [5.74, 6) is 1.70. The lowest BCUT2D eigenvalue weighted by molar-refractivity contribution is 0.115.